The van der Waals surface area contributed by atoms with Gasteiger partial charge in [0.25, 0.3) is 0 Å². The van der Waals surface area contributed by atoms with Crippen LogP contribution in [0.4, 0.5) is 0 Å². The highest BCUT2D eigenvalue weighted by Crippen LogP contribution is 2.29. The summed E-state index contributed by atoms with van der Waals surface area (Å²) in [6.45, 7) is 0.614. The first kappa shape index (κ1) is 9.68. The Morgan fingerprint density at radius 2 is 2.50 bits per heavy atom. The summed E-state index contributed by atoms with van der Waals surface area (Å²) in [5, 5.41) is 0. The van der Waals surface area contributed by atoms with E-state index in [1.165, 1.54) is 6.42 Å². The first-order valence-corrected chi connectivity index (χ1v) is 5.13. The molecule has 2 heterocycles. The molecule has 4 heteroatoms. The predicted octanol–water partition coefficient (Wildman–Crippen LogP) is 0.989. The SMILES string of the molecule is Cn1cnc(C2CCCC(CN)O2)c1. The predicted molar refractivity (Wildman–Crippen MR) is 53.7 cm³/mol. The molecule has 1 aromatic heterocycles. The lowest BCUT2D eigenvalue weighted by Crippen LogP contribution is -2.29. The van der Waals surface area contributed by atoms with Gasteiger partial charge >= 0.3 is 0 Å². The molecule has 2 N–H and O–H groups in total. The summed E-state index contributed by atoms with van der Waals surface area (Å²) in [6, 6.07) is 0. The van der Waals surface area contributed by atoms with Gasteiger partial charge in [-0.3, -0.25) is 0 Å². The highest BCUT2D eigenvalue weighted by molar-refractivity contribution is 5.02. The van der Waals surface area contributed by atoms with E-state index in [0.717, 1.165) is 18.5 Å². The second kappa shape index (κ2) is 4.11. The maximum Gasteiger partial charge on any atom is 0.101 e. The molecule has 1 aliphatic rings. The van der Waals surface area contributed by atoms with Crippen LogP contribution >= 0.6 is 0 Å². The number of imidazole rings is 1. The fourth-order valence-corrected chi connectivity index (χ4v) is 1.89. The monoisotopic (exact) mass is 195 g/mol. The summed E-state index contributed by atoms with van der Waals surface area (Å²) in [5.74, 6) is 0. The van der Waals surface area contributed by atoms with Crippen molar-refractivity contribution in [1.29, 1.82) is 0 Å². The van der Waals surface area contributed by atoms with E-state index in [0.29, 0.717) is 6.54 Å². The van der Waals surface area contributed by atoms with E-state index in [1.54, 1.807) is 0 Å². The molecule has 1 aromatic rings. The first-order chi connectivity index (χ1) is 6.79. The second-order valence-electron chi connectivity index (χ2n) is 3.88. The smallest absolute Gasteiger partial charge is 0.101 e. The average Bonchev–Trinajstić information content (AvgIpc) is 2.65. The molecule has 14 heavy (non-hydrogen) atoms. The number of rotatable bonds is 2. The van der Waals surface area contributed by atoms with Crippen molar-refractivity contribution in [3.8, 4) is 0 Å². The molecule has 0 amide bonds. The summed E-state index contributed by atoms with van der Waals surface area (Å²) in [5.41, 5.74) is 6.63. The minimum absolute atomic E-state index is 0.151. The molecule has 0 radical (unpaired) electrons. The number of ether oxygens (including phenoxy) is 1. The van der Waals surface area contributed by atoms with Crippen LogP contribution in [0, 0.1) is 0 Å². The van der Waals surface area contributed by atoms with Crippen molar-refractivity contribution < 1.29 is 4.74 Å². The van der Waals surface area contributed by atoms with Crippen molar-refractivity contribution in [3.63, 3.8) is 0 Å². The Hall–Kier alpha value is -0.870. The van der Waals surface area contributed by atoms with Crippen molar-refractivity contribution in [3.05, 3.63) is 18.2 Å². The first-order valence-electron chi connectivity index (χ1n) is 5.13. The van der Waals surface area contributed by atoms with Gasteiger partial charge in [0.15, 0.2) is 0 Å². The molecule has 4 nitrogen and oxygen atoms in total. The lowest BCUT2D eigenvalue weighted by Gasteiger charge is -2.28. The van der Waals surface area contributed by atoms with E-state index in [2.05, 4.69) is 4.98 Å². The quantitative estimate of drug-likeness (QED) is 0.765. The molecule has 0 aromatic carbocycles. The Morgan fingerprint density at radius 3 is 3.14 bits per heavy atom. The largest absolute Gasteiger partial charge is 0.367 e. The fourth-order valence-electron chi connectivity index (χ4n) is 1.89. The van der Waals surface area contributed by atoms with E-state index in [4.69, 9.17) is 10.5 Å². The highest BCUT2D eigenvalue weighted by Gasteiger charge is 2.23. The van der Waals surface area contributed by atoms with Gasteiger partial charge in [0, 0.05) is 19.8 Å². The van der Waals surface area contributed by atoms with Gasteiger partial charge in [0.2, 0.25) is 0 Å². The lowest BCUT2D eigenvalue weighted by molar-refractivity contribution is -0.0480. The van der Waals surface area contributed by atoms with Crippen molar-refractivity contribution >= 4 is 0 Å². The lowest BCUT2D eigenvalue weighted by atomic mass is 10.0. The van der Waals surface area contributed by atoms with Crippen molar-refractivity contribution in [2.24, 2.45) is 12.8 Å². The van der Waals surface area contributed by atoms with E-state index in [-0.39, 0.29) is 12.2 Å². The number of hydrogen-bond acceptors (Lipinski definition) is 3. The van der Waals surface area contributed by atoms with Gasteiger partial charge in [0.1, 0.15) is 6.10 Å². The molecule has 0 saturated carbocycles. The Kier molecular flexibility index (Phi) is 2.84. The minimum Gasteiger partial charge on any atom is -0.367 e. The normalized spacial score (nSPS) is 27.9. The van der Waals surface area contributed by atoms with Crippen LogP contribution in [0.5, 0.6) is 0 Å². The summed E-state index contributed by atoms with van der Waals surface area (Å²) < 4.78 is 7.78. The van der Waals surface area contributed by atoms with Gasteiger partial charge in [-0.15, -0.1) is 0 Å². The molecule has 78 valence electrons. The van der Waals surface area contributed by atoms with E-state index in [9.17, 15) is 0 Å². The third kappa shape index (κ3) is 1.96. The van der Waals surface area contributed by atoms with Crippen LogP contribution in [0.1, 0.15) is 31.1 Å². The van der Waals surface area contributed by atoms with Gasteiger partial charge in [-0.2, -0.15) is 0 Å². The van der Waals surface area contributed by atoms with Crippen LogP contribution in [0.15, 0.2) is 12.5 Å². The zero-order valence-electron chi connectivity index (χ0n) is 8.52. The number of hydrogen-bond donors (Lipinski definition) is 1. The highest BCUT2D eigenvalue weighted by atomic mass is 16.5. The summed E-state index contributed by atoms with van der Waals surface area (Å²) >= 11 is 0. The van der Waals surface area contributed by atoms with Gasteiger partial charge in [-0.1, -0.05) is 0 Å². The number of aryl methyl sites for hydroxylation is 1. The molecule has 1 fully saturated rings. The van der Waals surface area contributed by atoms with E-state index in [1.807, 2.05) is 24.1 Å². The van der Waals surface area contributed by atoms with Crippen LogP contribution in [-0.4, -0.2) is 22.2 Å². The molecular weight excluding hydrogens is 178 g/mol. The standard InChI is InChI=1S/C10H17N3O/c1-13-6-9(12-7-13)10-4-2-3-8(5-11)14-10/h6-8,10H,2-5,11H2,1H3. The van der Waals surface area contributed by atoms with Crippen LogP contribution in [-0.2, 0) is 11.8 Å². The molecule has 0 aliphatic carbocycles. The maximum absolute atomic E-state index is 5.83. The minimum atomic E-state index is 0.151. The topological polar surface area (TPSA) is 53.1 Å². The molecule has 2 unspecified atom stereocenters. The summed E-state index contributed by atoms with van der Waals surface area (Å²) in [4.78, 5) is 4.31. The van der Waals surface area contributed by atoms with Crippen molar-refractivity contribution in [2.45, 2.75) is 31.5 Å². The van der Waals surface area contributed by atoms with Crippen molar-refractivity contribution in [1.82, 2.24) is 9.55 Å². The number of nitrogens with zero attached hydrogens (tertiary/aromatic N) is 2. The third-order valence-electron chi connectivity index (χ3n) is 2.67. The van der Waals surface area contributed by atoms with Gasteiger partial charge in [-0.05, 0) is 19.3 Å². The number of nitrogens with two attached hydrogens (primary N) is 1. The molecule has 0 spiro atoms. The molecular formula is C10H17N3O. The second-order valence-corrected chi connectivity index (χ2v) is 3.88. The van der Waals surface area contributed by atoms with Crippen LogP contribution in [0.3, 0.4) is 0 Å². The summed E-state index contributed by atoms with van der Waals surface area (Å²) in [7, 11) is 1.97. The molecule has 2 atom stereocenters. The Morgan fingerprint density at radius 1 is 1.64 bits per heavy atom. The van der Waals surface area contributed by atoms with Gasteiger partial charge in [0.05, 0.1) is 18.1 Å². The molecule has 2 rings (SSSR count). The van der Waals surface area contributed by atoms with E-state index >= 15 is 0 Å². The molecule has 1 saturated heterocycles. The number of aromatic nitrogens is 2. The van der Waals surface area contributed by atoms with Gasteiger partial charge in [-0.25, -0.2) is 4.98 Å². The van der Waals surface area contributed by atoms with E-state index < -0.39 is 0 Å². The van der Waals surface area contributed by atoms with Crippen LogP contribution in [0.2, 0.25) is 0 Å². The van der Waals surface area contributed by atoms with Crippen LogP contribution < -0.4 is 5.73 Å². The molecule has 0 bridgehead atoms. The fraction of sp³-hybridized carbons (Fsp3) is 0.700. The van der Waals surface area contributed by atoms with Crippen LogP contribution in [0.25, 0.3) is 0 Å². The zero-order valence-corrected chi connectivity index (χ0v) is 8.52. The Labute approximate surface area is 84.1 Å². The average molecular weight is 195 g/mol. The zero-order chi connectivity index (χ0) is 9.97. The summed E-state index contributed by atoms with van der Waals surface area (Å²) in [6.07, 6.45) is 7.53. The van der Waals surface area contributed by atoms with Gasteiger partial charge < -0.3 is 15.0 Å². The Balaban J connectivity index is 2.04. The third-order valence-corrected chi connectivity index (χ3v) is 2.67. The van der Waals surface area contributed by atoms with Crippen molar-refractivity contribution in [2.75, 3.05) is 6.54 Å². The Bertz CT molecular complexity index is 297. The molecule has 1 aliphatic heterocycles. The maximum atomic E-state index is 5.83.